The monoisotopic (exact) mass is 200 g/mol. The number of benzene rings is 1. The Labute approximate surface area is 88.2 Å². The van der Waals surface area contributed by atoms with Crippen LogP contribution in [0.5, 0.6) is 0 Å². The molecule has 0 aliphatic rings. The molecule has 0 nitrogen and oxygen atoms in total. The molecule has 0 fully saturated rings. The Morgan fingerprint density at radius 2 is 2.07 bits per heavy atom. The first kappa shape index (κ1) is 9.22. The summed E-state index contributed by atoms with van der Waals surface area (Å²) in [5, 5.41) is 3.46. The number of allylic oxidation sites excluding steroid dienone is 3. The van der Waals surface area contributed by atoms with E-state index < -0.39 is 0 Å². The highest BCUT2D eigenvalue weighted by atomic mass is 32.1. The largest absolute Gasteiger partial charge is 0.144 e. The maximum atomic E-state index is 2.21. The fourth-order valence-corrected chi connectivity index (χ4v) is 2.14. The molecule has 70 valence electrons. The van der Waals surface area contributed by atoms with Gasteiger partial charge < -0.3 is 0 Å². The van der Waals surface area contributed by atoms with Crippen LogP contribution in [-0.2, 0) is 0 Å². The van der Waals surface area contributed by atoms with Gasteiger partial charge in [0.05, 0.1) is 0 Å². The first-order valence-corrected chi connectivity index (χ1v) is 5.55. The summed E-state index contributed by atoms with van der Waals surface area (Å²) in [6.07, 6.45) is 8.25. The van der Waals surface area contributed by atoms with Crippen LogP contribution in [0.3, 0.4) is 0 Å². The second kappa shape index (κ2) is 4.25. The number of thiophene rings is 1. The molecular formula is C13H12S. The van der Waals surface area contributed by atoms with Gasteiger partial charge in [-0.3, -0.25) is 0 Å². The minimum Gasteiger partial charge on any atom is -0.144 e. The summed E-state index contributed by atoms with van der Waals surface area (Å²) in [4.78, 5) is 0. The third kappa shape index (κ3) is 1.94. The minimum atomic E-state index is 1.26. The molecule has 1 heteroatoms. The van der Waals surface area contributed by atoms with Gasteiger partial charge in [0.25, 0.3) is 0 Å². The zero-order valence-electron chi connectivity index (χ0n) is 8.10. The molecule has 0 spiro atoms. The highest BCUT2D eigenvalue weighted by Gasteiger charge is 1.93. The average Bonchev–Trinajstić information content (AvgIpc) is 2.65. The SMILES string of the molecule is CC=CC=Cc1ccc2sccc2c1. The van der Waals surface area contributed by atoms with E-state index in [0.29, 0.717) is 0 Å². The van der Waals surface area contributed by atoms with Crippen LogP contribution < -0.4 is 0 Å². The van der Waals surface area contributed by atoms with Gasteiger partial charge in [-0.05, 0) is 41.5 Å². The van der Waals surface area contributed by atoms with Crippen molar-refractivity contribution in [3.63, 3.8) is 0 Å². The predicted octanol–water partition coefficient (Wildman–Crippen LogP) is 4.49. The van der Waals surface area contributed by atoms with Gasteiger partial charge in [0, 0.05) is 4.70 Å². The molecule has 2 aromatic rings. The number of fused-ring (bicyclic) bond motifs is 1. The molecule has 0 N–H and O–H groups in total. The van der Waals surface area contributed by atoms with E-state index in [9.17, 15) is 0 Å². The number of rotatable bonds is 2. The van der Waals surface area contributed by atoms with Crippen molar-refractivity contribution in [2.45, 2.75) is 6.92 Å². The molecule has 0 bridgehead atoms. The van der Waals surface area contributed by atoms with Crippen LogP contribution in [0.25, 0.3) is 16.2 Å². The standard InChI is InChI=1S/C13H12S/c1-2-3-4-5-11-6-7-13-12(10-11)8-9-14-13/h2-10H,1H3. The van der Waals surface area contributed by atoms with Crippen LogP contribution in [0, 0.1) is 0 Å². The van der Waals surface area contributed by atoms with Gasteiger partial charge >= 0.3 is 0 Å². The van der Waals surface area contributed by atoms with Crippen molar-refractivity contribution < 1.29 is 0 Å². The Hall–Kier alpha value is -1.34. The van der Waals surface area contributed by atoms with Crippen molar-refractivity contribution >= 4 is 27.5 Å². The second-order valence-electron chi connectivity index (χ2n) is 3.10. The Bertz CT molecular complexity index is 475. The molecule has 1 aromatic carbocycles. The molecule has 0 amide bonds. The lowest BCUT2D eigenvalue weighted by Gasteiger charge is -1.92. The van der Waals surface area contributed by atoms with Crippen molar-refractivity contribution in [1.29, 1.82) is 0 Å². The molecule has 0 unspecified atom stereocenters. The Morgan fingerprint density at radius 3 is 2.93 bits per heavy atom. The lowest BCUT2D eigenvalue weighted by Crippen LogP contribution is -1.69. The van der Waals surface area contributed by atoms with E-state index in [4.69, 9.17) is 0 Å². The van der Waals surface area contributed by atoms with Crippen molar-refractivity contribution in [2.24, 2.45) is 0 Å². The second-order valence-corrected chi connectivity index (χ2v) is 4.05. The first-order chi connectivity index (χ1) is 6.90. The quantitative estimate of drug-likeness (QED) is 0.626. The van der Waals surface area contributed by atoms with Gasteiger partial charge in [-0.1, -0.05) is 30.4 Å². The summed E-state index contributed by atoms with van der Waals surface area (Å²) in [6.45, 7) is 2.02. The van der Waals surface area contributed by atoms with E-state index in [1.165, 1.54) is 15.6 Å². The Balaban J connectivity index is 2.34. The van der Waals surface area contributed by atoms with Crippen LogP contribution in [0.4, 0.5) is 0 Å². The minimum absolute atomic E-state index is 1.26. The molecule has 0 saturated heterocycles. The molecule has 2 rings (SSSR count). The fraction of sp³-hybridized carbons (Fsp3) is 0.0769. The number of hydrogen-bond acceptors (Lipinski definition) is 1. The molecule has 0 radical (unpaired) electrons. The molecular weight excluding hydrogens is 188 g/mol. The van der Waals surface area contributed by atoms with Gasteiger partial charge in [0.1, 0.15) is 0 Å². The third-order valence-corrected chi connectivity index (χ3v) is 2.97. The fourth-order valence-electron chi connectivity index (χ4n) is 1.37. The van der Waals surface area contributed by atoms with E-state index in [1.807, 2.05) is 19.1 Å². The topological polar surface area (TPSA) is 0 Å². The molecule has 14 heavy (non-hydrogen) atoms. The van der Waals surface area contributed by atoms with Gasteiger partial charge in [0.2, 0.25) is 0 Å². The van der Waals surface area contributed by atoms with Gasteiger partial charge in [0.15, 0.2) is 0 Å². The maximum Gasteiger partial charge on any atom is 0.0343 e. The molecule has 1 aromatic heterocycles. The molecule has 0 saturated carbocycles. The van der Waals surface area contributed by atoms with Crippen molar-refractivity contribution in [3.05, 3.63) is 53.4 Å². The van der Waals surface area contributed by atoms with Crippen molar-refractivity contribution in [3.8, 4) is 0 Å². The van der Waals surface area contributed by atoms with Crippen LogP contribution in [0.2, 0.25) is 0 Å². The van der Waals surface area contributed by atoms with Crippen LogP contribution >= 0.6 is 11.3 Å². The van der Waals surface area contributed by atoms with Gasteiger partial charge in [-0.15, -0.1) is 11.3 Å². The van der Waals surface area contributed by atoms with E-state index in [-0.39, 0.29) is 0 Å². The summed E-state index contributed by atoms with van der Waals surface area (Å²) in [5.41, 5.74) is 1.26. The maximum absolute atomic E-state index is 2.21. The average molecular weight is 200 g/mol. The molecule has 0 aliphatic carbocycles. The van der Waals surface area contributed by atoms with Crippen LogP contribution in [-0.4, -0.2) is 0 Å². The lowest BCUT2D eigenvalue weighted by atomic mass is 10.1. The molecule has 0 aliphatic heterocycles. The van der Waals surface area contributed by atoms with Crippen LogP contribution in [0.1, 0.15) is 12.5 Å². The first-order valence-electron chi connectivity index (χ1n) is 4.67. The summed E-state index contributed by atoms with van der Waals surface area (Å²) in [5.74, 6) is 0. The smallest absolute Gasteiger partial charge is 0.0343 e. The number of hydrogen-bond donors (Lipinski definition) is 0. The van der Waals surface area contributed by atoms with E-state index in [1.54, 1.807) is 11.3 Å². The summed E-state index contributed by atoms with van der Waals surface area (Å²) >= 11 is 1.79. The van der Waals surface area contributed by atoms with Gasteiger partial charge in [-0.2, -0.15) is 0 Å². The zero-order chi connectivity index (χ0) is 9.80. The molecule has 0 atom stereocenters. The zero-order valence-corrected chi connectivity index (χ0v) is 8.92. The summed E-state index contributed by atoms with van der Waals surface area (Å²) < 4.78 is 1.35. The lowest BCUT2D eigenvalue weighted by molar-refractivity contribution is 1.72. The van der Waals surface area contributed by atoms with Gasteiger partial charge in [-0.25, -0.2) is 0 Å². The highest BCUT2D eigenvalue weighted by molar-refractivity contribution is 7.17. The predicted molar refractivity (Wildman–Crippen MR) is 65.7 cm³/mol. The van der Waals surface area contributed by atoms with Crippen molar-refractivity contribution in [1.82, 2.24) is 0 Å². The Kier molecular flexibility index (Phi) is 2.80. The normalized spacial score (nSPS) is 12.1. The highest BCUT2D eigenvalue weighted by Crippen LogP contribution is 2.22. The van der Waals surface area contributed by atoms with Crippen LogP contribution in [0.15, 0.2) is 47.9 Å². The third-order valence-electron chi connectivity index (χ3n) is 2.07. The van der Waals surface area contributed by atoms with Crippen molar-refractivity contribution in [2.75, 3.05) is 0 Å². The van der Waals surface area contributed by atoms with E-state index >= 15 is 0 Å². The Morgan fingerprint density at radius 1 is 1.14 bits per heavy atom. The van der Waals surface area contributed by atoms with E-state index in [2.05, 4.69) is 41.8 Å². The molecule has 1 heterocycles. The summed E-state index contributed by atoms with van der Waals surface area (Å²) in [7, 11) is 0. The van der Waals surface area contributed by atoms with E-state index in [0.717, 1.165) is 0 Å². The summed E-state index contributed by atoms with van der Waals surface area (Å²) in [6, 6.07) is 8.70.